The van der Waals surface area contributed by atoms with Crippen LogP contribution in [0, 0.1) is 5.92 Å². The highest BCUT2D eigenvalue weighted by Crippen LogP contribution is 2.44. The minimum absolute atomic E-state index is 0.0527. The fourth-order valence-corrected chi connectivity index (χ4v) is 5.41. The maximum atomic E-state index is 13.5. The van der Waals surface area contributed by atoms with Crippen molar-refractivity contribution in [2.45, 2.75) is 25.3 Å². The van der Waals surface area contributed by atoms with E-state index < -0.39 is 0 Å². The molecule has 1 saturated carbocycles. The van der Waals surface area contributed by atoms with Gasteiger partial charge in [-0.25, -0.2) is 5.01 Å². The third-order valence-electron chi connectivity index (χ3n) is 7.12. The number of allylic oxidation sites excluding steroid dienone is 1. The van der Waals surface area contributed by atoms with E-state index in [1.807, 2.05) is 60.7 Å². The van der Waals surface area contributed by atoms with Gasteiger partial charge in [-0.05, 0) is 64.9 Å². The van der Waals surface area contributed by atoms with Gasteiger partial charge in [0.25, 0.3) is 5.91 Å². The van der Waals surface area contributed by atoms with Crippen LogP contribution in [0.4, 0.5) is 0 Å². The normalized spacial score (nSPS) is 20.3. The second-order valence-electron chi connectivity index (χ2n) is 9.46. The SMILES string of the molecule is O=C(COc1ccc2ccccc2c1)N1N=C2/C(=C/c3ccccc3)CCC[C@H]2[C@H]1c1ccccc1. The van der Waals surface area contributed by atoms with Crippen LogP contribution in [-0.2, 0) is 4.79 Å². The maximum Gasteiger partial charge on any atom is 0.281 e. The number of ether oxygens (including phenoxy) is 1. The number of amides is 1. The Morgan fingerprint density at radius 1 is 0.889 bits per heavy atom. The Morgan fingerprint density at radius 3 is 2.42 bits per heavy atom. The van der Waals surface area contributed by atoms with Gasteiger partial charge >= 0.3 is 0 Å². The highest BCUT2D eigenvalue weighted by molar-refractivity contribution is 6.08. The second kappa shape index (κ2) is 9.82. The number of hydrogen-bond acceptors (Lipinski definition) is 3. The van der Waals surface area contributed by atoms with E-state index in [9.17, 15) is 4.79 Å². The first-order valence-corrected chi connectivity index (χ1v) is 12.6. The smallest absolute Gasteiger partial charge is 0.281 e. The topological polar surface area (TPSA) is 41.9 Å². The first-order chi connectivity index (χ1) is 17.8. The molecule has 4 aromatic rings. The summed E-state index contributed by atoms with van der Waals surface area (Å²) in [7, 11) is 0. The Hall–Kier alpha value is -4.18. The molecule has 1 heterocycles. The van der Waals surface area contributed by atoms with E-state index in [2.05, 4.69) is 48.5 Å². The molecule has 6 rings (SSSR count). The molecule has 0 aromatic heterocycles. The van der Waals surface area contributed by atoms with Crippen LogP contribution in [0.25, 0.3) is 16.8 Å². The Balaban J connectivity index is 1.29. The largest absolute Gasteiger partial charge is 0.484 e. The monoisotopic (exact) mass is 472 g/mol. The molecule has 0 spiro atoms. The van der Waals surface area contributed by atoms with Crippen molar-refractivity contribution >= 4 is 28.5 Å². The van der Waals surface area contributed by atoms with Gasteiger partial charge in [0.2, 0.25) is 0 Å². The van der Waals surface area contributed by atoms with E-state index in [4.69, 9.17) is 9.84 Å². The van der Waals surface area contributed by atoms with E-state index in [0.29, 0.717) is 5.75 Å². The van der Waals surface area contributed by atoms with E-state index >= 15 is 0 Å². The molecule has 0 radical (unpaired) electrons. The Labute approximate surface area is 211 Å². The Bertz CT molecular complexity index is 1440. The van der Waals surface area contributed by atoms with Crippen LogP contribution < -0.4 is 4.74 Å². The number of carbonyl (C=O) groups is 1. The molecule has 4 aromatic carbocycles. The quantitative estimate of drug-likeness (QED) is 0.313. The molecular formula is C32H28N2O2. The Kier molecular flexibility index (Phi) is 6.08. The van der Waals surface area contributed by atoms with E-state index in [0.717, 1.165) is 46.9 Å². The van der Waals surface area contributed by atoms with Gasteiger partial charge in [0.15, 0.2) is 6.61 Å². The lowest BCUT2D eigenvalue weighted by Gasteiger charge is -2.29. The number of hydrazone groups is 1. The summed E-state index contributed by atoms with van der Waals surface area (Å²) >= 11 is 0. The molecule has 1 fully saturated rings. The summed E-state index contributed by atoms with van der Waals surface area (Å²) in [4.78, 5) is 13.5. The van der Waals surface area contributed by atoms with Gasteiger partial charge in [-0.15, -0.1) is 0 Å². The standard InChI is InChI=1S/C32H28N2O2/c35-30(22-36-28-19-18-24-12-7-8-15-26(24)21-28)34-32(25-13-5-2-6-14-25)29-17-9-16-27(31(29)33-34)20-23-10-3-1-4-11-23/h1-8,10-15,18-21,29,32H,9,16-17,22H2/b27-20+/t29-,32-/m1/s1. The van der Waals surface area contributed by atoms with Crippen molar-refractivity contribution in [1.82, 2.24) is 5.01 Å². The molecule has 0 N–H and O–H groups in total. The lowest BCUT2D eigenvalue weighted by Crippen LogP contribution is -2.34. The number of carbonyl (C=O) groups excluding carboxylic acids is 1. The minimum atomic E-state index is -0.127. The number of fused-ring (bicyclic) bond motifs is 2. The first-order valence-electron chi connectivity index (χ1n) is 12.6. The minimum Gasteiger partial charge on any atom is -0.484 e. The van der Waals surface area contributed by atoms with Gasteiger partial charge < -0.3 is 4.74 Å². The zero-order chi connectivity index (χ0) is 24.3. The molecule has 2 aliphatic rings. The molecule has 178 valence electrons. The summed E-state index contributed by atoms with van der Waals surface area (Å²) in [6, 6.07) is 34.6. The molecule has 0 saturated heterocycles. The van der Waals surface area contributed by atoms with Crippen LogP contribution in [-0.4, -0.2) is 23.2 Å². The van der Waals surface area contributed by atoms with Crippen molar-refractivity contribution in [3.63, 3.8) is 0 Å². The average Bonchev–Trinajstić information content (AvgIpc) is 3.33. The summed E-state index contributed by atoms with van der Waals surface area (Å²) in [5.41, 5.74) is 4.54. The highest BCUT2D eigenvalue weighted by Gasteiger charge is 2.43. The maximum absolute atomic E-state index is 13.5. The predicted octanol–water partition coefficient (Wildman–Crippen LogP) is 7.04. The van der Waals surface area contributed by atoms with Crippen LogP contribution in [0.1, 0.15) is 36.4 Å². The molecule has 0 bridgehead atoms. The van der Waals surface area contributed by atoms with Crippen molar-refractivity contribution in [2.24, 2.45) is 11.0 Å². The third kappa shape index (κ3) is 4.42. The number of benzene rings is 4. The first kappa shape index (κ1) is 22.3. The van der Waals surface area contributed by atoms with Gasteiger partial charge in [0.05, 0.1) is 11.8 Å². The van der Waals surface area contributed by atoms with Crippen LogP contribution >= 0.6 is 0 Å². The predicted molar refractivity (Wildman–Crippen MR) is 145 cm³/mol. The van der Waals surface area contributed by atoms with Crippen LogP contribution in [0.15, 0.2) is 114 Å². The van der Waals surface area contributed by atoms with Gasteiger partial charge in [0, 0.05) is 5.92 Å². The number of rotatable bonds is 5. The van der Waals surface area contributed by atoms with Crippen molar-refractivity contribution < 1.29 is 9.53 Å². The van der Waals surface area contributed by atoms with Gasteiger partial charge in [-0.2, -0.15) is 5.10 Å². The highest BCUT2D eigenvalue weighted by atomic mass is 16.5. The van der Waals surface area contributed by atoms with Crippen molar-refractivity contribution in [3.8, 4) is 5.75 Å². The molecule has 1 aliphatic carbocycles. The molecule has 4 heteroatoms. The Morgan fingerprint density at radius 2 is 1.61 bits per heavy atom. The summed E-state index contributed by atoms with van der Waals surface area (Å²) in [6.07, 6.45) is 5.30. The molecule has 1 amide bonds. The number of nitrogens with zero attached hydrogens (tertiary/aromatic N) is 2. The van der Waals surface area contributed by atoms with Crippen molar-refractivity contribution in [2.75, 3.05) is 6.61 Å². The zero-order valence-corrected chi connectivity index (χ0v) is 20.1. The zero-order valence-electron chi connectivity index (χ0n) is 20.1. The molecule has 4 nitrogen and oxygen atoms in total. The van der Waals surface area contributed by atoms with Crippen LogP contribution in [0.5, 0.6) is 5.75 Å². The summed E-state index contributed by atoms with van der Waals surface area (Å²) < 4.78 is 5.97. The molecular weight excluding hydrogens is 444 g/mol. The van der Waals surface area contributed by atoms with E-state index in [-0.39, 0.29) is 24.5 Å². The number of hydrogen-bond donors (Lipinski definition) is 0. The van der Waals surface area contributed by atoms with Crippen molar-refractivity contribution in [1.29, 1.82) is 0 Å². The fraction of sp³-hybridized carbons (Fsp3) is 0.188. The van der Waals surface area contributed by atoms with Gasteiger partial charge in [0.1, 0.15) is 5.75 Å². The fourth-order valence-electron chi connectivity index (χ4n) is 5.41. The average molecular weight is 473 g/mol. The summed E-state index contributed by atoms with van der Waals surface area (Å²) in [5.74, 6) is 0.742. The third-order valence-corrected chi connectivity index (χ3v) is 7.12. The lowest BCUT2D eigenvalue weighted by atomic mass is 9.77. The van der Waals surface area contributed by atoms with Gasteiger partial charge in [-0.3, -0.25) is 4.79 Å². The van der Waals surface area contributed by atoms with Crippen LogP contribution in [0.2, 0.25) is 0 Å². The summed E-state index contributed by atoms with van der Waals surface area (Å²) in [5, 5.41) is 8.88. The molecule has 36 heavy (non-hydrogen) atoms. The molecule has 1 aliphatic heterocycles. The summed E-state index contributed by atoms with van der Waals surface area (Å²) in [6.45, 7) is -0.0527. The van der Waals surface area contributed by atoms with Crippen molar-refractivity contribution in [3.05, 3.63) is 120 Å². The van der Waals surface area contributed by atoms with E-state index in [1.54, 1.807) is 5.01 Å². The lowest BCUT2D eigenvalue weighted by molar-refractivity contribution is -0.135. The van der Waals surface area contributed by atoms with Crippen LogP contribution in [0.3, 0.4) is 0 Å². The molecule has 2 atom stereocenters. The van der Waals surface area contributed by atoms with Gasteiger partial charge in [-0.1, -0.05) is 91.0 Å². The second-order valence-corrected chi connectivity index (χ2v) is 9.46. The van der Waals surface area contributed by atoms with E-state index in [1.165, 1.54) is 5.57 Å². The molecule has 0 unspecified atom stereocenters.